The number of para-hydroxylation sites is 1. The van der Waals surface area contributed by atoms with Crippen molar-refractivity contribution < 1.29 is 22.7 Å². The average molecular weight is 429 g/mol. The molecule has 30 heavy (non-hydrogen) atoms. The maximum absolute atomic E-state index is 12.9. The lowest BCUT2D eigenvalue weighted by Gasteiger charge is -2.13. The summed E-state index contributed by atoms with van der Waals surface area (Å²) >= 11 is 0. The summed E-state index contributed by atoms with van der Waals surface area (Å²) in [6.45, 7) is 3.39. The van der Waals surface area contributed by atoms with E-state index in [0.717, 1.165) is 22.2 Å². The van der Waals surface area contributed by atoms with Gasteiger partial charge in [0.25, 0.3) is 0 Å². The minimum Gasteiger partial charge on any atom is -0.454 e. The van der Waals surface area contributed by atoms with Crippen molar-refractivity contribution in [1.82, 2.24) is 9.71 Å². The van der Waals surface area contributed by atoms with Gasteiger partial charge in [0.15, 0.2) is 6.10 Å². The molecule has 158 valence electrons. The quantitative estimate of drug-likeness (QED) is 0.424. The van der Waals surface area contributed by atoms with Gasteiger partial charge in [-0.05, 0) is 51.1 Å². The molecular formula is C22H24N2O5S. The standard InChI is InChI=1S/C22H24N2O5S/c1-14-21(18-6-4-5-7-19(18)24-14)22(26)15(2)29-20(25)13-10-16-8-11-17(12-9-16)30(27,28)23-3/h4-9,11-12,15,23-24H,10,13H2,1-3H3. The SMILES string of the molecule is CNS(=O)(=O)c1ccc(CCC(=O)OC(C)C(=O)c2c(C)[nH]c3ccccc23)cc1. The van der Waals surface area contributed by atoms with E-state index in [9.17, 15) is 18.0 Å². The molecule has 0 bridgehead atoms. The van der Waals surface area contributed by atoms with Crippen LogP contribution < -0.4 is 4.72 Å². The second-order valence-electron chi connectivity index (χ2n) is 7.02. The predicted molar refractivity (Wildman–Crippen MR) is 114 cm³/mol. The number of ketones is 1. The number of ether oxygens (including phenoxy) is 1. The molecule has 0 amide bonds. The van der Waals surface area contributed by atoms with Gasteiger partial charge in [-0.25, -0.2) is 13.1 Å². The van der Waals surface area contributed by atoms with Crippen LogP contribution in [0.1, 0.15) is 35.0 Å². The molecule has 1 unspecified atom stereocenters. The molecule has 0 aliphatic rings. The number of sulfonamides is 1. The van der Waals surface area contributed by atoms with Crippen LogP contribution in [0.4, 0.5) is 0 Å². The molecule has 0 saturated heterocycles. The van der Waals surface area contributed by atoms with Gasteiger partial charge in [-0.1, -0.05) is 30.3 Å². The van der Waals surface area contributed by atoms with Crippen molar-refractivity contribution in [3.8, 4) is 0 Å². The molecule has 3 aromatic rings. The van der Waals surface area contributed by atoms with Crippen LogP contribution in [0.25, 0.3) is 10.9 Å². The van der Waals surface area contributed by atoms with Crippen LogP contribution in [0.5, 0.6) is 0 Å². The smallest absolute Gasteiger partial charge is 0.306 e. The molecule has 3 rings (SSSR count). The number of H-pyrrole nitrogens is 1. The number of aryl methyl sites for hydroxylation is 2. The highest BCUT2D eigenvalue weighted by molar-refractivity contribution is 7.89. The predicted octanol–water partition coefficient (Wildman–Crippen LogP) is 3.13. The van der Waals surface area contributed by atoms with Gasteiger partial charge in [0.05, 0.1) is 4.90 Å². The number of rotatable bonds is 8. The number of aromatic amines is 1. The molecule has 1 atom stereocenters. The lowest BCUT2D eigenvalue weighted by molar-refractivity contribution is -0.146. The second-order valence-corrected chi connectivity index (χ2v) is 8.90. The molecule has 0 aliphatic heterocycles. The van der Waals surface area contributed by atoms with E-state index >= 15 is 0 Å². The van der Waals surface area contributed by atoms with E-state index in [2.05, 4.69) is 9.71 Å². The first kappa shape index (κ1) is 21.7. The first-order valence-electron chi connectivity index (χ1n) is 9.56. The number of fused-ring (bicyclic) bond motifs is 1. The van der Waals surface area contributed by atoms with E-state index in [1.807, 2.05) is 31.2 Å². The summed E-state index contributed by atoms with van der Waals surface area (Å²) in [5.74, 6) is -0.736. The lowest BCUT2D eigenvalue weighted by Crippen LogP contribution is -2.25. The molecule has 1 heterocycles. The summed E-state index contributed by atoms with van der Waals surface area (Å²) in [6, 6.07) is 13.8. The van der Waals surface area contributed by atoms with Crippen molar-refractivity contribution in [3.05, 3.63) is 65.4 Å². The molecule has 1 aromatic heterocycles. The van der Waals surface area contributed by atoms with Crippen LogP contribution in [0.3, 0.4) is 0 Å². The second kappa shape index (κ2) is 8.81. The van der Waals surface area contributed by atoms with Gasteiger partial charge >= 0.3 is 5.97 Å². The fourth-order valence-corrected chi connectivity index (χ4v) is 4.04. The Morgan fingerprint density at radius 1 is 1.10 bits per heavy atom. The summed E-state index contributed by atoms with van der Waals surface area (Å²) in [5, 5.41) is 0.805. The number of hydrogen-bond donors (Lipinski definition) is 2. The van der Waals surface area contributed by atoms with Crippen molar-refractivity contribution in [2.45, 2.75) is 37.7 Å². The zero-order valence-electron chi connectivity index (χ0n) is 17.1. The first-order valence-corrected chi connectivity index (χ1v) is 11.0. The fourth-order valence-electron chi connectivity index (χ4n) is 3.31. The number of carbonyl (C=O) groups is 2. The van der Waals surface area contributed by atoms with Crippen molar-refractivity contribution in [2.24, 2.45) is 0 Å². The molecule has 2 N–H and O–H groups in total. The molecule has 2 aromatic carbocycles. The first-order chi connectivity index (χ1) is 14.2. The summed E-state index contributed by atoms with van der Waals surface area (Å²) in [5.41, 5.74) is 2.93. The summed E-state index contributed by atoms with van der Waals surface area (Å²) in [7, 11) is -2.15. The summed E-state index contributed by atoms with van der Waals surface area (Å²) in [6.07, 6.45) is -0.438. The van der Waals surface area contributed by atoms with E-state index in [4.69, 9.17) is 4.74 Å². The Hall–Kier alpha value is -2.97. The number of nitrogens with one attached hydrogen (secondary N) is 2. The number of Topliss-reactive ketones (excluding diaryl/α,β-unsaturated/α-hetero) is 1. The Labute approximate surface area is 175 Å². The highest BCUT2D eigenvalue weighted by atomic mass is 32.2. The number of esters is 1. The van der Waals surface area contributed by atoms with Crippen molar-refractivity contribution in [3.63, 3.8) is 0 Å². The van der Waals surface area contributed by atoms with Crippen LogP contribution in [-0.4, -0.2) is 38.3 Å². The highest BCUT2D eigenvalue weighted by Gasteiger charge is 2.24. The van der Waals surface area contributed by atoms with Gasteiger partial charge in [-0.15, -0.1) is 0 Å². The van der Waals surface area contributed by atoms with Gasteiger partial charge in [0.2, 0.25) is 15.8 Å². The normalized spacial score (nSPS) is 12.6. The van der Waals surface area contributed by atoms with Crippen LogP contribution in [0, 0.1) is 6.92 Å². The number of aromatic nitrogens is 1. The fraction of sp³-hybridized carbons (Fsp3) is 0.273. The summed E-state index contributed by atoms with van der Waals surface area (Å²) in [4.78, 5) is 28.4. The van der Waals surface area contributed by atoms with E-state index in [-0.39, 0.29) is 17.1 Å². The maximum Gasteiger partial charge on any atom is 0.306 e. The largest absolute Gasteiger partial charge is 0.454 e. The molecule has 0 aliphatic carbocycles. The van der Waals surface area contributed by atoms with Crippen molar-refractivity contribution in [1.29, 1.82) is 0 Å². The third kappa shape index (κ3) is 4.60. The molecule has 0 spiro atoms. The average Bonchev–Trinajstić information content (AvgIpc) is 3.07. The van der Waals surface area contributed by atoms with E-state index in [0.29, 0.717) is 12.0 Å². The molecule has 0 fully saturated rings. The van der Waals surface area contributed by atoms with Gasteiger partial charge in [0, 0.05) is 28.6 Å². The molecule has 0 radical (unpaired) electrons. The summed E-state index contributed by atoms with van der Waals surface area (Å²) < 4.78 is 31.1. The van der Waals surface area contributed by atoms with Gasteiger partial charge in [-0.2, -0.15) is 0 Å². The molecule has 7 nitrogen and oxygen atoms in total. The van der Waals surface area contributed by atoms with E-state index < -0.39 is 22.1 Å². The number of carbonyl (C=O) groups excluding carboxylic acids is 2. The molecular weight excluding hydrogens is 404 g/mol. The van der Waals surface area contributed by atoms with Crippen molar-refractivity contribution in [2.75, 3.05) is 7.05 Å². The van der Waals surface area contributed by atoms with Crippen molar-refractivity contribution >= 4 is 32.7 Å². The molecule has 0 saturated carbocycles. The molecule has 8 heteroatoms. The zero-order valence-corrected chi connectivity index (χ0v) is 17.9. The third-order valence-electron chi connectivity index (χ3n) is 4.94. The van der Waals surface area contributed by atoms with Gasteiger partial charge in [0.1, 0.15) is 0 Å². The maximum atomic E-state index is 12.9. The number of benzene rings is 2. The topological polar surface area (TPSA) is 105 Å². The van der Waals surface area contributed by atoms with E-state index in [1.54, 1.807) is 19.1 Å². The van der Waals surface area contributed by atoms with E-state index in [1.165, 1.54) is 19.2 Å². The Morgan fingerprint density at radius 3 is 2.43 bits per heavy atom. The minimum absolute atomic E-state index is 0.0859. The Morgan fingerprint density at radius 2 is 1.77 bits per heavy atom. The van der Waals surface area contributed by atoms with Crippen LogP contribution in [-0.2, 0) is 26.0 Å². The number of hydrogen-bond acceptors (Lipinski definition) is 5. The monoisotopic (exact) mass is 428 g/mol. The minimum atomic E-state index is -3.49. The van der Waals surface area contributed by atoms with Gasteiger partial charge < -0.3 is 9.72 Å². The van der Waals surface area contributed by atoms with Gasteiger partial charge in [-0.3, -0.25) is 9.59 Å². The van der Waals surface area contributed by atoms with Crippen LogP contribution in [0.15, 0.2) is 53.4 Å². The Kier molecular flexibility index (Phi) is 6.38. The zero-order chi connectivity index (χ0) is 21.9. The Bertz CT molecular complexity index is 1180. The van der Waals surface area contributed by atoms with Crippen LogP contribution in [0.2, 0.25) is 0 Å². The van der Waals surface area contributed by atoms with Crippen LogP contribution >= 0.6 is 0 Å². The third-order valence-corrected chi connectivity index (χ3v) is 6.37. The Balaban J connectivity index is 1.60. The lowest BCUT2D eigenvalue weighted by atomic mass is 10.0. The highest BCUT2D eigenvalue weighted by Crippen LogP contribution is 2.24.